The molecule has 0 radical (unpaired) electrons. The van der Waals surface area contributed by atoms with Gasteiger partial charge >= 0.3 is 0 Å². The van der Waals surface area contributed by atoms with Crippen LogP contribution in [0.1, 0.15) is 29.6 Å². The standard InChI is InChI=1S/C12H18N2O4S2/c1-18-5-4-12(2-3-12)8-14-11(15)9-6-10(19-7-9)20(13,16)17/h6-7H,2-5,8H2,1H3,(H,14,15)(H2,13,16,17). The van der Waals surface area contributed by atoms with Crippen molar-refractivity contribution in [3.8, 4) is 0 Å². The highest BCUT2D eigenvalue weighted by Gasteiger charge is 2.42. The van der Waals surface area contributed by atoms with Gasteiger partial charge in [0.1, 0.15) is 4.21 Å². The molecule has 1 aromatic rings. The number of thiophene rings is 1. The Morgan fingerprint density at radius 3 is 2.75 bits per heavy atom. The lowest BCUT2D eigenvalue weighted by atomic mass is 10.0. The maximum absolute atomic E-state index is 12.0. The van der Waals surface area contributed by atoms with Crippen molar-refractivity contribution >= 4 is 27.3 Å². The molecule has 0 aromatic carbocycles. The first-order valence-corrected chi connectivity index (χ1v) is 8.67. The van der Waals surface area contributed by atoms with Gasteiger partial charge in [0.05, 0.1) is 5.56 Å². The molecule has 1 aromatic heterocycles. The molecule has 0 bridgehead atoms. The number of nitrogens with two attached hydrogens (primary N) is 1. The van der Waals surface area contributed by atoms with Crippen LogP contribution in [0.2, 0.25) is 0 Å². The Morgan fingerprint density at radius 2 is 2.25 bits per heavy atom. The predicted molar refractivity (Wildman–Crippen MR) is 76.2 cm³/mol. The molecule has 1 amide bonds. The Balaban J connectivity index is 1.91. The number of hydrogen-bond donors (Lipinski definition) is 2. The summed E-state index contributed by atoms with van der Waals surface area (Å²) in [7, 11) is -2.08. The molecule has 8 heteroatoms. The van der Waals surface area contributed by atoms with Gasteiger partial charge in [0.25, 0.3) is 5.91 Å². The minimum Gasteiger partial charge on any atom is -0.385 e. The summed E-state index contributed by atoms with van der Waals surface area (Å²) in [6, 6.07) is 1.31. The molecule has 0 saturated heterocycles. The average molecular weight is 318 g/mol. The lowest BCUT2D eigenvalue weighted by Crippen LogP contribution is -2.30. The van der Waals surface area contributed by atoms with E-state index in [-0.39, 0.29) is 15.5 Å². The second-order valence-corrected chi connectivity index (χ2v) is 7.82. The largest absolute Gasteiger partial charge is 0.385 e. The van der Waals surface area contributed by atoms with Crippen molar-refractivity contribution in [1.29, 1.82) is 0 Å². The number of sulfonamides is 1. The molecule has 1 heterocycles. The molecule has 1 aliphatic rings. The number of methoxy groups -OCH3 is 1. The number of carbonyl (C=O) groups is 1. The Kier molecular flexibility index (Phi) is 4.48. The number of amides is 1. The van der Waals surface area contributed by atoms with Gasteiger partial charge in [-0.25, -0.2) is 13.6 Å². The molecule has 0 spiro atoms. The van der Waals surface area contributed by atoms with Gasteiger partial charge < -0.3 is 10.1 Å². The van der Waals surface area contributed by atoms with Crippen molar-refractivity contribution in [2.75, 3.05) is 20.3 Å². The summed E-state index contributed by atoms with van der Waals surface area (Å²) in [6.07, 6.45) is 3.10. The zero-order valence-corrected chi connectivity index (χ0v) is 12.9. The van der Waals surface area contributed by atoms with Crippen LogP contribution in [0.5, 0.6) is 0 Å². The minimum absolute atomic E-state index is 0.00293. The first-order valence-electron chi connectivity index (χ1n) is 6.25. The summed E-state index contributed by atoms with van der Waals surface area (Å²) in [5, 5.41) is 9.37. The van der Waals surface area contributed by atoms with Crippen molar-refractivity contribution in [1.82, 2.24) is 5.32 Å². The van der Waals surface area contributed by atoms with E-state index in [1.807, 2.05) is 0 Å². The third-order valence-electron chi connectivity index (χ3n) is 3.54. The number of rotatable bonds is 7. The van der Waals surface area contributed by atoms with E-state index in [2.05, 4.69) is 5.32 Å². The molecular formula is C12H18N2O4S2. The van der Waals surface area contributed by atoms with Crippen LogP contribution in [0.3, 0.4) is 0 Å². The fourth-order valence-corrected chi connectivity index (χ4v) is 3.55. The number of ether oxygens (including phenoxy) is 1. The molecule has 1 aliphatic carbocycles. The van der Waals surface area contributed by atoms with Crippen molar-refractivity contribution in [3.05, 3.63) is 17.0 Å². The first-order chi connectivity index (χ1) is 9.36. The van der Waals surface area contributed by atoms with Gasteiger partial charge in [-0.15, -0.1) is 11.3 Å². The molecule has 6 nitrogen and oxygen atoms in total. The molecule has 112 valence electrons. The maximum atomic E-state index is 12.0. The molecule has 20 heavy (non-hydrogen) atoms. The Hall–Kier alpha value is -0.960. The lowest BCUT2D eigenvalue weighted by molar-refractivity contribution is 0.0938. The number of primary sulfonamides is 1. The quantitative estimate of drug-likeness (QED) is 0.781. The third kappa shape index (κ3) is 3.78. The van der Waals surface area contributed by atoms with E-state index in [4.69, 9.17) is 9.88 Å². The maximum Gasteiger partial charge on any atom is 0.252 e. The van der Waals surface area contributed by atoms with Crippen molar-refractivity contribution in [2.45, 2.75) is 23.5 Å². The predicted octanol–water partition coefficient (Wildman–Crippen LogP) is 0.942. The lowest BCUT2D eigenvalue weighted by Gasteiger charge is -2.15. The van der Waals surface area contributed by atoms with Crippen molar-refractivity contribution in [2.24, 2.45) is 10.6 Å². The van der Waals surface area contributed by atoms with Crippen LogP contribution in [-0.4, -0.2) is 34.6 Å². The summed E-state index contributed by atoms with van der Waals surface area (Å²) in [5.74, 6) is -0.264. The Morgan fingerprint density at radius 1 is 1.55 bits per heavy atom. The van der Waals surface area contributed by atoms with Crippen LogP contribution in [0.4, 0.5) is 0 Å². The molecule has 3 N–H and O–H groups in total. The molecule has 0 atom stereocenters. The second-order valence-electron chi connectivity index (χ2n) is 5.12. The minimum atomic E-state index is -3.74. The van der Waals surface area contributed by atoms with E-state index in [9.17, 15) is 13.2 Å². The average Bonchev–Trinajstić information content (AvgIpc) is 2.96. The van der Waals surface area contributed by atoms with E-state index in [1.54, 1.807) is 7.11 Å². The van der Waals surface area contributed by atoms with Crippen molar-refractivity contribution in [3.63, 3.8) is 0 Å². The molecule has 1 saturated carbocycles. The summed E-state index contributed by atoms with van der Waals surface area (Å²) >= 11 is 0.954. The zero-order valence-electron chi connectivity index (χ0n) is 11.2. The highest BCUT2D eigenvalue weighted by atomic mass is 32.2. The van der Waals surface area contributed by atoms with Crippen LogP contribution in [-0.2, 0) is 14.8 Å². The summed E-state index contributed by atoms with van der Waals surface area (Å²) in [5.41, 5.74) is 0.492. The van der Waals surface area contributed by atoms with Gasteiger partial charge in [-0.05, 0) is 30.7 Å². The van der Waals surface area contributed by atoms with Gasteiger partial charge in [0.15, 0.2) is 0 Å². The molecule has 0 unspecified atom stereocenters. The summed E-state index contributed by atoms with van der Waals surface area (Å²) in [6.45, 7) is 1.28. The number of nitrogens with one attached hydrogen (secondary N) is 1. The summed E-state index contributed by atoms with van der Waals surface area (Å²) < 4.78 is 27.4. The second kappa shape index (κ2) is 5.80. The SMILES string of the molecule is COCCC1(CNC(=O)c2csc(S(N)(=O)=O)c2)CC1. The van der Waals surface area contributed by atoms with Crippen molar-refractivity contribution < 1.29 is 17.9 Å². The zero-order chi connectivity index (χ0) is 14.8. The number of hydrogen-bond acceptors (Lipinski definition) is 5. The highest BCUT2D eigenvalue weighted by molar-refractivity contribution is 7.91. The first kappa shape index (κ1) is 15.4. The van der Waals surface area contributed by atoms with E-state index < -0.39 is 10.0 Å². The Bertz CT molecular complexity index is 590. The normalized spacial score (nSPS) is 16.9. The smallest absolute Gasteiger partial charge is 0.252 e. The molecule has 1 fully saturated rings. The number of carbonyl (C=O) groups excluding carboxylic acids is 1. The highest BCUT2D eigenvalue weighted by Crippen LogP contribution is 2.48. The molecular weight excluding hydrogens is 300 g/mol. The van der Waals surface area contributed by atoms with Gasteiger partial charge in [0.2, 0.25) is 10.0 Å². The van der Waals surface area contributed by atoms with Crippen LogP contribution >= 0.6 is 11.3 Å². The van der Waals surface area contributed by atoms with Crippen LogP contribution in [0, 0.1) is 5.41 Å². The van der Waals surface area contributed by atoms with Gasteiger partial charge in [-0.2, -0.15) is 0 Å². The van der Waals surface area contributed by atoms with Crippen LogP contribution in [0.15, 0.2) is 15.7 Å². The summed E-state index contributed by atoms with van der Waals surface area (Å²) in [4.78, 5) is 12.0. The third-order valence-corrected chi connectivity index (χ3v) is 5.92. The fraction of sp³-hybridized carbons (Fsp3) is 0.583. The van der Waals surface area contributed by atoms with E-state index >= 15 is 0 Å². The van der Waals surface area contributed by atoms with Crippen LogP contribution in [0.25, 0.3) is 0 Å². The topological polar surface area (TPSA) is 98.5 Å². The van der Waals surface area contributed by atoms with Gasteiger partial charge in [-0.1, -0.05) is 0 Å². The van der Waals surface area contributed by atoms with E-state index in [0.717, 1.165) is 30.6 Å². The Labute approximate surface area is 122 Å². The molecule has 0 aliphatic heterocycles. The van der Waals surface area contributed by atoms with E-state index in [1.165, 1.54) is 11.4 Å². The monoisotopic (exact) mass is 318 g/mol. The fourth-order valence-electron chi connectivity index (χ4n) is 1.97. The van der Waals surface area contributed by atoms with Gasteiger partial charge in [-0.3, -0.25) is 4.79 Å². The molecule has 2 rings (SSSR count). The van der Waals surface area contributed by atoms with Gasteiger partial charge in [0, 0.05) is 25.6 Å². The van der Waals surface area contributed by atoms with Crippen LogP contribution < -0.4 is 10.5 Å². The van der Waals surface area contributed by atoms with E-state index in [0.29, 0.717) is 18.7 Å².